The van der Waals surface area contributed by atoms with E-state index in [4.69, 9.17) is 4.74 Å². The molecule has 0 bridgehead atoms. The molecule has 6 nitrogen and oxygen atoms in total. The van der Waals surface area contributed by atoms with E-state index in [9.17, 15) is 14.7 Å². The lowest BCUT2D eigenvalue weighted by Crippen LogP contribution is -2.30. The smallest absolute Gasteiger partial charge is 0.295 e. The van der Waals surface area contributed by atoms with Crippen LogP contribution in [0.4, 0.5) is 0 Å². The van der Waals surface area contributed by atoms with E-state index < -0.39 is 17.7 Å². The second-order valence-electron chi connectivity index (χ2n) is 6.71. The minimum absolute atomic E-state index is 0.0969. The van der Waals surface area contributed by atoms with Crippen LogP contribution < -0.4 is 4.74 Å². The number of methoxy groups -OCH3 is 1. The third kappa shape index (κ3) is 3.76. The topological polar surface area (TPSA) is 79.7 Å². The number of aliphatic hydroxyl groups excluding tert-OH is 1. The highest BCUT2D eigenvalue weighted by atomic mass is 16.5. The van der Waals surface area contributed by atoms with Gasteiger partial charge in [0.15, 0.2) is 0 Å². The number of likely N-dealkylation sites (tertiary alicyclic amines) is 1. The average Bonchev–Trinajstić information content (AvgIpc) is 2.99. The number of amides is 1. The van der Waals surface area contributed by atoms with E-state index in [1.54, 1.807) is 54.7 Å². The number of rotatable bonds is 7. The van der Waals surface area contributed by atoms with Crippen LogP contribution in [-0.2, 0) is 9.59 Å². The summed E-state index contributed by atoms with van der Waals surface area (Å²) in [6, 6.07) is 9.66. The number of carbonyl (C=O) groups is 2. The summed E-state index contributed by atoms with van der Waals surface area (Å²) in [5.74, 6) is -0.799. The van der Waals surface area contributed by atoms with Gasteiger partial charge in [-0.3, -0.25) is 14.6 Å². The van der Waals surface area contributed by atoms with Gasteiger partial charge in [0.2, 0.25) is 0 Å². The lowest BCUT2D eigenvalue weighted by Gasteiger charge is -2.25. The molecule has 1 N–H and O–H groups in total. The van der Waals surface area contributed by atoms with Crippen molar-refractivity contribution < 1.29 is 19.4 Å². The lowest BCUT2D eigenvalue weighted by atomic mass is 9.96. The molecule has 3 rings (SSSR count). The van der Waals surface area contributed by atoms with Gasteiger partial charge in [0.1, 0.15) is 11.5 Å². The maximum atomic E-state index is 12.8. The summed E-state index contributed by atoms with van der Waals surface area (Å²) in [7, 11) is 1.55. The van der Waals surface area contributed by atoms with E-state index in [0.717, 1.165) is 19.3 Å². The zero-order chi connectivity index (χ0) is 20.1. The van der Waals surface area contributed by atoms with Crippen molar-refractivity contribution in [1.29, 1.82) is 0 Å². The molecule has 0 aliphatic carbocycles. The number of nitrogens with zero attached hydrogens (tertiary/aromatic N) is 2. The number of Topliss-reactive ketones (excluding diaryl/α,β-unsaturated/α-hetero) is 1. The minimum Gasteiger partial charge on any atom is -0.507 e. The molecule has 2 aromatic rings. The number of ketones is 1. The van der Waals surface area contributed by atoms with Crippen molar-refractivity contribution >= 4 is 17.4 Å². The van der Waals surface area contributed by atoms with Gasteiger partial charge in [-0.2, -0.15) is 0 Å². The zero-order valence-corrected chi connectivity index (χ0v) is 16.1. The third-order valence-corrected chi connectivity index (χ3v) is 4.91. The van der Waals surface area contributed by atoms with E-state index in [1.807, 2.05) is 6.07 Å². The summed E-state index contributed by atoms with van der Waals surface area (Å²) >= 11 is 0. The van der Waals surface area contributed by atoms with E-state index in [2.05, 4.69) is 11.9 Å². The number of hydrogen-bond acceptors (Lipinski definition) is 5. The van der Waals surface area contributed by atoms with Gasteiger partial charge in [-0.05, 0) is 42.3 Å². The van der Waals surface area contributed by atoms with Crippen molar-refractivity contribution in [3.8, 4) is 5.75 Å². The van der Waals surface area contributed by atoms with Crippen LogP contribution in [0.1, 0.15) is 43.4 Å². The zero-order valence-electron chi connectivity index (χ0n) is 16.1. The van der Waals surface area contributed by atoms with Crippen LogP contribution in [0.25, 0.3) is 5.76 Å². The van der Waals surface area contributed by atoms with E-state index >= 15 is 0 Å². The summed E-state index contributed by atoms with van der Waals surface area (Å²) in [6.07, 6.45) is 6.03. The SMILES string of the molecule is CCCCCN1C(=O)C(=O)/C(=C(\O)c2ccc(OC)cc2)C1c1cccnc1. The monoisotopic (exact) mass is 380 g/mol. The minimum atomic E-state index is -0.668. The molecular formula is C22H24N2O4. The standard InChI is InChI=1S/C22H24N2O4/c1-3-4-5-13-24-19(16-7-6-12-23-14-16)18(21(26)22(24)27)20(25)15-8-10-17(28-2)11-9-15/h6-12,14,19,25H,3-5,13H2,1-2H3/b20-18-. The van der Waals surface area contributed by atoms with Gasteiger partial charge in [-0.25, -0.2) is 0 Å². The van der Waals surface area contributed by atoms with Gasteiger partial charge in [0.05, 0.1) is 18.7 Å². The normalized spacial score (nSPS) is 18.5. The highest BCUT2D eigenvalue weighted by Gasteiger charge is 2.45. The van der Waals surface area contributed by atoms with Gasteiger partial charge < -0.3 is 14.7 Å². The van der Waals surface area contributed by atoms with Crippen molar-refractivity contribution in [3.05, 3.63) is 65.5 Å². The van der Waals surface area contributed by atoms with E-state index in [0.29, 0.717) is 23.4 Å². The molecule has 1 aliphatic heterocycles. The number of aliphatic hydroxyl groups is 1. The second-order valence-corrected chi connectivity index (χ2v) is 6.71. The van der Waals surface area contributed by atoms with Crippen LogP contribution in [0.2, 0.25) is 0 Å². The van der Waals surface area contributed by atoms with E-state index in [1.165, 1.54) is 0 Å². The number of ether oxygens (including phenoxy) is 1. The van der Waals surface area contributed by atoms with Crippen LogP contribution in [0.15, 0.2) is 54.4 Å². The van der Waals surface area contributed by atoms with Crippen LogP contribution in [0.3, 0.4) is 0 Å². The number of hydrogen-bond donors (Lipinski definition) is 1. The quantitative estimate of drug-likeness (QED) is 0.343. The summed E-state index contributed by atoms with van der Waals surface area (Å²) in [5, 5.41) is 10.9. The van der Waals surface area contributed by atoms with Crippen LogP contribution in [0.5, 0.6) is 5.75 Å². The molecule has 1 aliphatic rings. The predicted octanol–water partition coefficient (Wildman–Crippen LogP) is 3.70. The van der Waals surface area contributed by atoms with Crippen LogP contribution >= 0.6 is 0 Å². The van der Waals surface area contributed by atoms with Crippen molar-refractivity contribution in [2.75, 3.05) is 13.7 Å². The Morgan fingerprint density at radius 2 is 1.93 bits per heavy atom. The Balaban J connectivity index is 2.07. The largest absolute Gasteiger partial charge is 0.507 e. The Kier molecular flexibility index (Phi) is 6.09. The van der Waals surface area contributed by atoms with Gasteiger partial charge in [0.25, 0.3) is 11.7 Å². The molecule has 0 spiro atoms. The maximum absolute atomic E-state index is 12.8. The molecule has 146 valence electrons. The number of carbonyl (C=O) groups excluding carboxylic acids is 2. The number of pyridine rings is 1. The Morgan fingerprint density at radius 3 is 2.54 bits per heavy atom. The molecule has 6 heteroatoms. The molecule has 1 amide bonds. The molecule has 2 heterocycles. The summed E-state index contributed by atoms with van der Waals surface area (Å²) in [6.45, 7) is 2.54. The first-order valence-corrected chi connectivity index (χ1v) is 9.41. The molecule has 0 radical (unpaired) electrons. The average molecular weight is 380 g/mol. The summed E-state index contributed by atoms with van der Waals surface area (Å²) in [5.41, 5.74) is 1.26. The molecule has 28 heavy (non-hydrogen) atoms. The lowest BCUT2D eigenvalue weighted by molar-refractivity contribution is -0.139. The first-order valence-electron chi connectivity index (χ1n) is 9.41. The molecule has 1 aromatic carbocycles. The van der Waals surface area contributed by atoms with Gasteiger partial charge in [0, 0.05) is 24.5 Å². The number of benzene rings is 1. The Labute approximate surface area is 164 Å². The summed E-state index contributed by atoms with van der Waals surface area (Å²) < 4.78 is 5.14. The highest BCUT2D eigenvalue weighted by molar-refractivity contribution is 6.46. The Hall–Kier alpha value is -3.15. The van der Waals surface area contributed by atoms with Crippen molar-refractivity contribution in [2.45, 2.75) is 32.2 Å². The molecule has 1 saturated heterocycles. The fourth-order valence-corrected chi connectivity index (χ4v) is 3.43. The Morgan fingerprint density at radius 1 is 1.18 bits per heavy atom. The van der Waals surface area contributed by atoms with Gasteiger partial charge >= 0.3 is 0 Å². The molecule has 0 saturated carbocycles. The Bertz CT molecular complexity index is 875. The van der Waals surface area contributed by atoms with Gasteiger partial charge in [-0.15, -0.1) is 0 Å². The van der Waals surface area contributed by atoms with Crippen LogP contribution in [0, 0.1) is 0 Å². The van der Waals surface area contributed by atoms with E-state index in [-0.39, 0.29) is 11.3 Å². The first kappa shape index (κ1) is 19.6. The first-order chi connectivity index (χ1) is 13.6. The van der Waals surface area contributed by atoms with Gasteiger partial charge in [-0.1, -0.05) is 25.8 Å². The number of unbranched alkanes of at least 4 members (excludes halogenated alkanes) is 2. The second kappa shape index (κ2) is 8.69. The fraction of sp³-hybridized carbons (Fsp3) is 0.318. The maximum Gasteiger partial charge on any atom is 0.295 e. The van der Waals surface area contributed by atoms with Crippen molar-refractivity contribution in [1.82, 2.24) is 9.88 Å². The predicted molar refractivity (Wildman–Crippen MR) is 106 cm³/mol. The molecular weight excluding hydrogens is 356 g/mol. The highest BCUT2D eigenvalue weighted by Crippen LogP contribution is 2.39. The third-order valence-electron chi connectivity index (χ3n) is 4.91. The molecule has 1 unspecified atom stereocenters. The fourth-order valence-electron chi connectivity index (χ4n) is 3.43. The summed E-state index contributed by atoms with van der Waals surface area (Å²) in [4.78, 5) is 31.2. The van der Waals surface area contributed by atoms with Crippen molar-refractivity contribution in [3.63, 3.8) is 0 Å². The number of aromatic nitrogens is 1. The van der Waals surface area contributed by atoms with Crippen molar-refractivity contribution in [2.24, 2.45) is 0 Å². The van der Waals surface area contributed by atoms with Crippen LogP contribution in [-0.4, -0.2) is 40.3 Å². The molecule has 1 aromatic heterocycles. The molecule has 1 atom stereocenters. The molecule has 1 fully saturated rings.